The third kappa shape index (κ3) is 26.9. The summed E-state index contributed by atoms with van der Waals surface area (Å²) in [5.74, 6) is -0.773. The molecule has 2 heterocycles. The van der Waals surface area contributed by atoms with Crippen molar-refractivity contribution >= 4 is 5.91 Å². The monoisotopic (exact) mass is 1010 g/mol. The van der Waals surface area contributed by atoms with Crippen molar-refractivity contribution in [2.24, 2.45) is 0 Å². The lowest BCUT2D eigenvalue weighted by molar-refractivity contribution is -0.368. The van der Waals surface area contributed by atoms with Crippen molar-refractivity contribution in [2.45, 2.75) is 318 Å². The third-order valence-electron chi connectivity index (χ3n) is 14.5. The number of hydrogen-bond acceptors (Lipinski definition) is 15. The van der Waals surface area contributed by atoms with Crippen LogP contribution in [0.4, 0.5) is 0 Å². The van der Waals surface area contributed by atoms with Crippen molar-refractivity contribution < 1.29 is 74.8 Å². The molecule has 0 saturated carbocycles. The van der Waals surface area contributed by atoms with Crippen molar-refractivity contribution in [2.75, 3.05) is 19.8 Å². The van der Waals surface area contributed by atoms with Gasteiger partial charge in [0.1, 0.15) is 61.0 Å². The number of unbranched alkanes of at least 4 members (excludes halogenated alkanes) is 30. The van der Waals surface area contributed by atoms with E-state index in [0.29, 0.717) is 12.8 Å². The van der Waals surface area contributed by atoms with Gasteiger partial charge in [0.05, 0.1) is 32.0 Å². The first-order chi connectivity index (χ1) is 33.9. The summed E-state index contributed by atoms with van der Waals surface area (Å²) in [4.78, 5) is 13.4. The normalized spacial score (nSPS) is 26.8. The van der Waals surface area contributed by atoms with Crippen LogP contribution in [0.5, 0.6) is 0 Å². The first kappa shape index (κ1) is 65.0. The van der Waals surface area contributed by atoms with Crippen molar-refractivity contribution in [1.29, 1.82) is 0 Å². The third-order valence-corrected chi connectivity index (χ3v) is 14.5. The van der Waals surface area contributed by atoms with E-state index in [0.717, 1.165) is 51.4 Å². The van der Waals surface area contributed by atoms with Gasteiger partial charge in [-0.25, -0.2) is 0 Å². The van der Waals surface area contributed by atoms with Crippen LogP contribution in [0.3, 0.4) is 0 Å². The molecule has 2 aliphatic rings. The minimum atomic E-state index is -1.87. The van der Waals surface area contributed by atoms with Crippen LogP contribution in [0.25, 0.3) is 0 Å². The van der Waals surface area contributed by atoms with E-state index in [9.17, 15) is 55.9 Å². The van der Waals surface area contributed by atoms with Crippen LogP contribution < -0.4 is 5.32 Å². The molecule has 0 aromatic rings. The Morgan fingerprint density at radius 1 is 0.471 bits per heavy atom. The second-order valence-electron chi connectivity index (χ2n) is 20.7. The van der Waals surface area contributed by atoms with E-state index < -0.39 is 111 Å². The highest BCUT2D eigenvalue weighted by molar-refractivity contribution is 5.80. The van der Waals surface area contributed by atoms with Crippen molar-refractivity contribution in [3.05, 3.63) is 0 Å². The zero-order valence-corrected chi connectivity index (χ0v) is 43.8. The first-order valence-electron chi connectivity index (χ1n) is 28.5. The summed E-state index contributed by atoms with van der Waals surface area (Å²) in [6, 6.07) is -1.31. The number of amides is 1. The summed E-state index contributed by atoms with van der Waals surface area (Å²) < 4.78 is 22.9. The summed E-state index contributed by atoms with van der Waals surface area (Å²) in [5, 5.41) is 109. The van der Waals surface area contributed by atoms with Crippen molar-refractivity contribution in [3.63, 3.8) is 0 Å². The van der Waals surface area contributed by atoms with Crippen LogP contribution in [0.2, 0.25) is 0 Å². The van der Waals surface area contributed by atoms with Gasteiger partial charge < -0.3 is 75.3 Å². The minimum absolute atomic E-state index is 0.193. The number of ether oxygens (including phenoxy) is 4. The summed E-state index contributed by atoms with van der Waals surface area (Å²) in [6.07, 6.45) is 17.8. The quantitative estimate of drug-likeness (QED) is 0.0291. The lowest BCUT2D eigenvalue weighted by Gasteiger charge is -2.46. The molecular weight excluding hydrogens is 903 g/mol. The smallest absolute Gasteiger partial charge is 0.249 e. The maximum absolute atomic E-state index is 13.4. The van der Waals surface area contributed by atoms with E-state index in [1.165, 1.54) is 141 Å². The van der Waals surface area contributed by atoms with Crippen LogP contribution >= 0.6 is 0 Å². The van der Waals surface area contributed by atoms with Crippen molar-refractivity contribution in [1.82, 2.24) is 5.32 Å². The molecule has 2 fully saturated rings. The zero-order chi connectivity index (χ0) is 51.4. The van der Waals surface area contributed by atoms with Crippen LogP contribution in [0, 0.1) is 0 Å². The van der Waals surface area contributed by atoms with E-state index in [-0.39, 0.29) is 12.8 Å². The molecule has 0 aliphatic carbocycles. The second-order valence-corrected chi connectivity index (χ2v) is 20.7. The second kappa shape index (κ2) is 41.2. The fourth-order valence-electron chi connectivity index (χ4n) is 9.73. The number of carbonyl (C=O) groups is 1. The number of rotatable bonds is 45. The van der Waals surface area contributed by atoms with E-state index in [1.54, 1.807) is 0 Å². The van der Waals surface area contributed by atoms with Crippen LogP contribution in [0.15, 0.2) is 0 Å². The Morgan fingerprint density at radius 3 is 1.23 bits per heavy atom. The summed E-state index contributed by atoms with van der Waals surface area (Å²) >= 11 is 0. The number of aliphatic hydroxyl groups is 10. The van der Waals surface area contributed by atoms with E-state index in [2.05, 4.69) is 19.2 Å². The molecule has 0 aromatic carbocycles. The number of hydrogen-bond donors (Lipinski definition) is 11. The van der Waals surface area contributed by atoms with Gasteiger partial charge in [-0.05, 0) is 12.8 Å². The molecule has 0 aromatic heterocycles. The maximum Gasteiger partial charge on any atom is 0.249 e. The lowest BCUT2D eigenvalue weighted by atomic mass is 9.97. The molecule has 1 amide bonds. The predicted octanol–water partition coefficient (Wildman–Crippen LogP) is 6.50. The largest absolute Gasteiger partial charge is 0.394 e. The van der Waals surface area contributed by atoms with Gasteiger partial charge in [0.15, 0.2) is 12.6 Å². The van der Waals surface area contributed by atoms with Crippen LogP contribution in [-0.4, -0.2) is 163 Å². The number of aliphatic hydroxyl groups excluding tert-OH is 10. The molecule has 2 rings (SSSR count). The van der Waals surface area contributed by atoms with Crippen molar-refractivity contribution in [3.8, 4) is 0 Å². The molecule has 70 heavy (non-hydrogen) atoms. The maximum atomic E-state index is 13.4. The summed E-state index contributed by atoms with van der Waals surface area (Å²) in [7, 11) is 0. The highest BCUT2D eigenvalue weighted by atomic mass is 16.8. The van der Waals surface area contributed by atoms with E-state index >= 15 is 0 Å². The Morgan fingerprint density at radius 2 is 0.829 bits per heavy atom. The molecule has 14 atom stereocenters. The Balaban J connectivity index is 1.89. The standard InChI is InChI=1S/C54H105NO15/c1-3-5-7-9-11-13-15-17-18-19-20-21-22-23-24-26-28-30-32-34-36-42(59)52(66)55-40(45(60)41(58)35-33-31-29-27-25-16-14-12-10-8-6-4-2)39-67-54-51(49(64)47(62)44(38-57)69-54)70-53-50(65)48(63)46(61)43(37-56)68-53/h40-51,53-54,56-65H,3-39H2,1-2H3,(H,55,66)/t40-,41+,42+,43+,44+,45-,46-,47-,48-,49-,50+,51+,53+,54-/m0/s1. The average molecular weight is 1010 g/mol. The molecule has 0 spiro atoms. The van der Waals surface area contributed by atoms with Gasteiger partial charge in [-0.1, -0.05) is 219 Å². The fraction of sp³-hybridized carbons (Fsp3) is 0.981. The Labute approximate surface area is 422 Å². The molecule has 0 radical (unpaired) electrons. The van der Waals surface area contributed by atoms with E-state index in [4.69, 9.17) is 18.9 Å². The van der Waals surface area contributed by atoms with E-state index in [1.807, 2.05) is 0 Å². The number of nitrogens with one attached hydrogen (secondary N) is 1. The molecular formula is C54H105NO15. The molecule has 2 aliphatic heterocycles. The zero-order valence-electron chi connectivity index (χ0n) is 43.8. The van der Waals surface area contributed by atoms with Gasteiger partial charge in [0.25, 0.3) is 0 Å². The molecule has 0 bridgehead atoms. The topological polar surface area (TPSA) is 268 Å². The SMILES string of the molecule is CCCCCCCCCCCCCCCCCCCCCC[C@@H](O)C(=O)N[C@@H](CO[C@H]1O[C@H](CO)[C@H](O)[C@H](O)[C@H]1O[C@H]1O[C@H](CO)[C@H](O)[C@H](O)[C@H]1O)[C@H](O)[C@H](O)CCCCCCCCCCCCCC. The Hall–Kier alpha value is -1.09. The summed E-state index contributed by atoms with van der Waals surface area (Å²) in [5.41, 5.74) is 0. The van der Waals surface area contributed by atoms with Gasteiger partial charge in [-0.15, -0.1) is 0 Å². The van der Waals surface area contributed by atoms with Gasteiger partial charge in [0.2, 0.25) is 5.91 Å². The average Bonchev–Trinajstić information content (AvgIpc) is 3.36. The van der Waals surface area contributed by atoms with Crippen LogP contribution in [-0.2, 0) is 23.7 Å². The van der Waals surface area contributed by atoms with Gasteiger partial charge >= 0.3 is 0 Å². The Bertz CT molecular complexity index is 1220. The Kier molecular flexibility index (Phi) is 38.3. The predicted molar refractivity (Wildman–Crippen MR) is 271 cm³/mol. The molecule has 11 N–H and O–H groups in total. The summed E-state index contributed by atoms with van der Waals surface area (Å²) in [6.45, 7) is 2.41. The highest BCUT2D eigenvalue weighted by Crippen LogP contribution is 2.30. The minimum Gasteiger partial charge on any atom is -0.394 e. The molecule has 16 nitrogen and oxygen atoms in total. The lowest BCUT2D eigenvalue weighted by Crippen LogP contribution is -2.65. The molecule has 0 unspecified atom stereocenters. The van der Waals surface area contributed by atoms with Gasteiger partial charge in [-0.2, -0.15) is 0 Å². The van der Waals surface area contributed by atoms with Gasteiger partial charge in [0, 0.05) is 0 Å². The number of carbonyl (C=O) groups excluding carboxylic acids is 1. The first-order valence-corrected chi connectivity index (χ1v) is 28.5. The molecule has 416 valence electrons. The fourth-order valence-corrected chi connectivity index (χ4v) is 9.73. The van der Waals surface area contributed by atoms with Gasteiger partial charge in [-0.3, -0.25) is 4.79 Å². The molecule has 2 saturated heterocycles. The highest BCUT2D eigenvalue weighted by Gasteiger charge is 2.51. The molecule has 16 heteroatoms. The van der Waals surface area contributed by atoms with Crippen LogP contribution in [0.1, 0.15) is 232 Å².